The van der Waals surface area contributed by atoms with Crippen LogP contribution in [0.25, 0.3) is 11.1 Å². The molecule has 0 amide bonds. The molecule has 0 aliphatic carbocycles. The zero-order chi connectivity index (χ0) is 28.7. The van der Waals surface area contributed by atoms with Crippen LogP contribution in [0.2, 0.25) is 0 Å². The number of benzene rings is 3. The molecule has 0 unspecified atom stereocenters. The molecule has 0 aromatic heterocycles. The van der Waals surface area contributed by atoms with Crippen molar-refractivity contribution in [3.8, 4) is 11.1 Å². The molecular weight excluding hydrogens is 511 g/mol. The summed E-state index contributed by atoms with van der Waals surface area (Å²) in [5.74, 6) is 0. The molecule has 0 saturated carbocycles. The second-order valence-electron chi connectivity index (χ2n) is 11.5. The summed E-state index contributed by atoms with van der Waals surface area (Å²) in [7, 11) is -5.40. The van der Waals surface area contributed by atoms with Crippen molar-refractivity contribution in [2.24, 2.45) is 0 Å². The van der Waals surface area contributed by atoms with Crippen LogP contribution < -0.4 is 10.6 Å². The monoisotopic (exact) mass is 564 g/mol. The van der Waals surface area contributed by atoms with E-state index in [-0.39, 0.29) is 10.6 Å². The minimum absolute atomic E-state index is 0.229. The molecule has 0 radical (unpaired) electrons. The third kappa shape index (κ3) is 9.25. The molecule has 0 saturated heterocycles. The van der Waals surface area contributed by atoms with E-state index in [0.29, 0.717) is 5.56 Å². The van der Waals surface area contributed by atoms with Gasteiger partial charge < -0.3 is 0 Å². The molecule has 3 aromatic carbocycles. The van der Waals surface area contributed by atoms with Crippen LogP contribution in [-0.4, -0.2) is 14.7 Å². The second-order valence-corrected chi connectivity index (χ2v) is 14.4. The van der Waals surface area contributed by atoms with E-state index < -0.39 is 7.28 Å². The summed E-state index contributed by atoms with van der Waals surface area (Å²) >= 11 is 0. The van der Waals surface area contributed by atoms with Gasteiger partial charge in [-0.05, 0) is 0 Å². The third-order valence-electron chi connectivity index (χ3n) is 8.19. The van der Waals surface area contributed by atoms with Gasteiger partial charge in [0.1, 0.15) is 0 Å². The Labute approximate surface area is 243 Å². The average Bonchev–Trinajstić information content (AvgIpc) is 2.96. The van der Waals surface area contributed by atoms with Gasteiger partial charge in [0.25, 0.3) is 0 Å². The molecule has 3 rings (SSSR count). The fraction of sp³-hybridized carbons (Fsp3) is 0.500. The SMILES string of the molecule is CCCCCCCCCc1ccccc1-c1ccccc1P(O)(O)(O)c1ccccc1CCCCCCCCC. The molecule has 3 nitrogen and oxygen atoms in total. The van der Waals surface area contributed by atoms with Crippen LogP contribution >= 0.6 is 7.28 Å². The first-order chi connectivity index (χ1) is 19.4. The predicted octanol–water partition coefficient (Wildman–Crippen LogP) is 9.17. The van der Waals surface area contributed by atoms with E-state index in [9.17, 15) is 14.7 Å². The molecule has 0 fully saturated rings. The van der Waals surface area contributed by atoms with Gasteiger partial charge in [0.15, 0.2) is 0 Å². The molecule has 3 N–H and O–H groups in total. The zero-order valence-electron chi connectivity index (χ0n) is 25.0. The minimum atomic E-state index is -5.40. The predicted molar refractivity (Wildman–Crippen MR) is 175 cm³/mol. The van der Waals surface area contributed by atoms with Gasteiger partial charge in [-0.1, -0.05) is 6.92 Å². The van der Waals surface area contributed by atoms with Gasteiger partial charge in [0.05, 0.1) is 0 Å². The van der Waals surface area contributed by atoms with Gasteiger partial charge >= 0.3 is 237 Å². The van der Waals surface area contributed by atoms with Crippen LogP contribution in [0.3, 0.4) is 0 Å². The van der Waals surface area contributed by atoms with E-state index in [2.05, 4.69) is 26.0 Å². The van der Waals surface area contributed by atoms with Crippen molar-refractivity contribution in [3.05, 3.63) is 83.9 Å². The summed E-state index contributed by atoms with van der Waals surface area (Å²) in [5.41, 5.74) is 3.69. The molecule has 220 valence electrons. The van der Waals surface area contributed by atoms with Crippen LogP contribution in [0.1, 0.15) is 115 Å². The molecule has 0 aliphatic heterocycles. The number of hydrogen-bond donors (Lipinski definition) is 3. The van der Waals surface area contributed by atoms with E-state index >= 15 is 0 Å². The molecule has 4 heteroatoms. The molecule has 0 heterocycles. The Hall–Kier alpha value is -2.03. The maximum absolute atomic E-state index is 11.9. The number of unbranched alkanes of at least 4 members (excludes halogenated alkanes) is 12. The molecule has 0 bridgehead atoms. The maximum atomic E-state index is 11.9. The Morgan fingerprint density at radius 3 is 1.40 bits per heavy atom. The second kappa shape index (κ2) is 16.4. The molecule has 0 aliphatic rings. The van der Waals surface area contributed by atoms with Gasteiger partial charge in [0.2, 0.25) is 0 Å². The first-order valence-electron chi connectivity index (χ1n) is 15.9. The van der Waals surface area contributed by atoms with E-state index in [1.165, 1.54) is 76.2 Å². The Morgan fingerprint density at radius 2 is 0.825 bits per heavy atom. The topological polar surface area (TPSA) is 60.7 Å². The third-order valence-corrected chi connectivity index (χ3v) is 10.8. The van der Waals surface area contributed by atoms with Crippen molar-refractivity contribution < 1.29 is 14.7 Å². The Morgan fingerprint density at radius 1 is 0.425 bits per heavy atom. The fourth-order valence-corrected chi connectivity index (χ4v) is 8.20. The van der Waals surface area contributed by atoms with Crippen molar-refractivity contribution in [2.45, 2.75) is 117 Å². The molecule has 3 aromatic rings. The van der Waals surface area contributed by atoms with Crippen LogP contribution in [0.15, 0.2) is 72.8 Å². The number of hydrogen-bond acceptors (Lipinski definition) is 3. The van der Waals surface area contributed by atoms with Gasteiger partial charge in [-0.25, -0.2) is 0 Å². The van der Waals surface area contributed by atoms with E-state index in [1.807, 2.05) is 36.4 Å². The van der Waals surface area contributed by atoms with Gasteiger partial charge in [-0.15, -0.1) is 0 Å². The van der Waals surface area contributed by atoms with Gasteiger partial charge in [0, 0.05) is 0 Å². The van der Waals surface area contributed by atoms with Crippen molar-refractivity contribution in [2.75, 3.05) is 0 Å². The van der Waals surface area contributed by atoms with Gasteiger partial charge in [-0.2, -0.15) is 0 Å². The molecule has 0 spiro atoms. The van der Waals surface area contributed by atoms with E-state index in [1.54, 1.807) is 24.3 Å². The summed E-state index contributed by atoms with van der Waals surface area (Å²) in [6, 6.07) is 22.9. The number of rotatable bonds is 19. The summed E-state index contributed by atoms with van der Waals surface area (Å²) in [6.07, 6.45) is 18.8. The van der Waals surface area contributed by atoms with Crippen LogP contribution in [0.4, 0.5) is 0 Å². The van der Waals surface area contributed by atoms with Crippen molar-refractivity contribution in [1.29, 1.82) is 0 Å². The normalized spacial score (nSPS) is 12.8. The first-order valence-corrected chi connectivity index (χ1v) is 18.0. The van der Waals surface area contributed by atoms with Crippen molar-refractivity contribution in [3.63, 3.8) is 0 Å². The Bertz CT molecular complexity index is 1150. The number of aryl methyl sites for hydroxylation is 2. The van der Waals surface area contributed by atoms with Gasteiger partial charge in [-0.3, -0.25) is 0 Å². The summed E-state index contributed by atoms with van der Waals surface area (Å²) in [4.78, 5) is 35.7. The van der Waals surface area contributed by atoms with Crippen molar-refractivity contribution in [1.82, 2.24) is 0 Å². The fourth-order valence-electron chi connectivity index (χ4n) is 5.86. The first kappa shape index (κ1) is 32.5. The van der Waals surface area contributed by atoms with E-state index in [0.717, 1.165) is 43.2 Å². The van der Waals surface area contributed by atoms with Crippen LogP contribution in [0.5, 0.6) is 0 Å². The summed E-state index contributed by atoms with van der Waals surface area (Å²) < 4.78 is 0. The summed E-state index contributed by atoms with van der Waals surface area (Å²) in [5, 5.41) is 0.504. The summed E-state index contributed by atoms with van der Waals surface area (Å²) in [6.45, 7) is 4.48. The quantitative estimate of drug-likeness (QED) is 0.100. The van der Waals surface area contributed by atoms with E-state index in [4.69, 9.17) is 0 Å². The van der Waals surface area contributed by atoms with Crippen LogP contribution in [0, 0.1) is 0 Å². The Balaban J connectivity index is 1.82. The van der Waals surface area contributed by atoms with Crippen molar-refractivity contribution >= 4 is 17.9 Å². The molecular formula is C36H53O3P. The zero-order valence-corrected chi connectivity index (χ0v) is 25.9. The average molecular weight is 565 g/mol. The molecule has 0 atom stereocenters. The van der Waals surface area contributed by atoms with Crippen LogP contribution in [-0.2, 0) is 12.8 Å². The molecule has 40 heavy (non-hydrogen) atoms. The Kier molecular flexibility index (Phi) is 13.3. The standard InChI is InChI=1S/C36H53O3P/c1-3-5-7-9-11-13-15-23-31-24-17-19-27-33(31)34-28-20-22-30-36(34)40(37,38,39)35-29-21-18-26-32(35)25-16-14-12-10-8-6-4-2/h17-22,24,26-30,37-39H,3-16,23,25H2,1-2H3.